The molecule has 4 heteroatoms. The third-order valence-corrected chi connectivity index (χ3v) is 2.57. The van der Waals surface area contributed by atoms with Gasteiger partial charge in [-0.2, -0.15) is 0 Å². The highest BCUT2D eigenvalue weighted by atomic mass is 16.5. The zero-order valence-corrected chi connectivity index (χ0v) is 9.88. The van der Waals surface area contributed by atoms with Crippen molar-refractivity contribution in [2.75, 3.05) is 5.73 Å². The van der Waals surface area contributed by atoms with E-state index in [4.69, 9.17) is 15.6 Å². The van der Waals surface area contributed by atoms with Crippen LogP contribution in [0.15, 0.2) is 42.5 Å². The molecule has 0 aromatic heterocycles. The molecule has 0 aliphatic rings. The Labute approximate surface area is 105 Å². The highest BCUT2D eigenvalue weighted by Gasteiger charge is 2.12. The number of benzene rings is 2. The number of carboxylic acids is 1. The van der Waals surface area contributed by atoms with Gasteiger partial charge in [0.2, 0.25) is 0 Å². The number of hydrogen-bond donors (Lipinski definition) is 2. The lowest BCUT2D eigenvalue weighted by molar-refractivity contribution is 0.0697. The van der Waals surface area contributed by atoms with Gasteiger partial charge in [-0.05, 0) is 36.8 Å². The molecule has 0 unspecified atom stereocenters. The van der Waals surface area contributed by atoms with Crippen molar-refractivity contribution in [1.29, 1.82) is 0 Å². The molecule has 0 radical (unpaired) electrons. The van der Waals surface area contributed by atoms with Crippen LogP contribution in [-0.4, -0.2) is 11.1 Å². The van der Waals surface area contributed by atoms with Crippen LogP contribution in [-0.2, 0) is 0 Å². The second-order valence-electron chi connectivity index (χ2n) is 3.92. The lowest BCUT2D eigenvalue weighted by atomic mass is 10.1. The number of aryl methyl sites for hydroxylation is 1. The van der Waals surface area contributed by atoms with E-state index in [1.54, 1.807) is 25.1 Å². The highest BCUT2D eigenvalue weighted by molar-refractivity contribution is 5.95. The maximum atomic E-state index is 11.0. The smallest absolute Gasteiger partial charge is 0.337 e. The first-order chi connectivity index (χ1) is 8.58. The number of para-hydroxylation sites is 1. The molecule has 4 nitrogen and oxygen atoms in total. The van der Waals surface area contributed by atoms with Gasteiger partial charge < -0.3 is 15.6 Å². The van der Waals surface area contributed by atoms with E-state index < -0.39 is 5.97 Å². The van der Waals surface area contributed by atoms with Crippen LogP contribution in [0.3, 0.4) is 0 Å². The van der Waals surface area contributed by atoms with Gasteiger partial charge in [0.1, 0.15) is 11.5 Å². The Morgan fingerprint density at radius 1 is 1.17 bits per heavy atom. The molecule has 0 atom stereocenters. The van der Waals surface area contributed by atoms with Crippen molar-refractivity contribution >= 4 is 11.7 Å². The largest absolute Gasteiger partial charge is 0.478 e. The predicted molar refractivity (Wildman–Crippen MR) is 69.1 cm³/mol. The topological polar surface area (TPSA) is 72.5 Å². The van der Waals surface area contributed by atoms with Crippen LogP contribution in [0.2, 0.25) is 0 Å². The zero-order valence-electron chi connectivity index (χ0n) is 9.88. The highest BCUT2D eigenvalue weighted by Crippen LogP contribution is 2.28. The summed E-state index contributed by atoms with van der Waals surface area (Å²) in [5.41, 5.74) is 6.71. The average molecular weight is 243 g/mol. The standard InChI is InChI=1S/C14H13NO3/c1-9-7-11(8-12(13(9)15)14(16)17)18-10-5-3-2-4-6-10/h2-8H,15H2,1H3,(H,16,17). The Kier molecular flexibility index (Phi) is 3.19. The van der Waals surface area contributed by atoms with E-state index in [2.05, 4.69) is 0 Å². The molecule has 0 heterocycles. The van der Waals surface area contributed by atoms with Gasteiger partial charge >= 0.3 is 5.97 Å². The molecule has 0 amide bonds. The monoisotopic (exact) mass is 243 g/mol. The van der Waals surface area contributed by atoms with E-state index in [0.717, 1.165) is 0 Å². The van der Waals surface area contributed by atoms with Gasteiger partial charge in [0.25, 0.3) is 0 Å². The predicted octanol–water partition coefficient (Wildman–Crippen LogP) is 3.07. The average Bonchev–Trinajstić information content (AvgIpc) is 2.34. The van der Waals surface area contributed by atoms with Crippen LogP contribution >= 0.6 is 0 Å². The number of nitrogen functional groups attached to an aromatic ring is 1. The summed E-state index contributed by atoms with van der Waals surface area (Å²) in [6.07, 6.45) is 0. The number of carbonyl (C=O) groups is 1. The summed E-state index contributed by atoms with van der Waals surface area (Å²) in [5, 5.41) is 9.05. The molecule has 92 valence electrons. The van der Waals surface area contributed by atoms with Crippen molar-refractivity contribution in [2.45, 2.75) is 6.92 Å². The first-order valence-electron chi connectivity index (χ1n) is 5.44. The number of rotatable bonds is 3. The fourth-order valence-electron chi connectivity index (χ4n) is 1.63. The van der Waals surface area contributed by atoms with Crippen molar-refractivity contribution in [3.8, 4) is 11.5 Å². The molecule has 0 aliphatic heterocycles. The van der Waals surface area contributed by atoms with Crippen molar-refractivity contribution in [3.63, 3.8) is 0 Å². The summed E-state index contributed by atoms with van der Waals surface area (Å²) in [6, 6.07) is 12.3. The van der Waals surface area contributed by atoms with Gasteiger partial charge in [-0.3, -0.25) is 0 Å². The molecule has 3 N–H and O–H groups in total. The molecule has 0 bridgehead atoms. The van der Waals surface area contributed by atoms with Gasteiger partial charge in [-0.1, -0.05) is 18.2 Å². The molecule has 0 saturated heterocycles. The minimum atomic E-state index is -1.06. The quantitative estimate of drug-likeness (QED) is 0.812. The number of anilines is 1. The van der Waals surface area contributed by atoms with Crippen LogP contribution in [0.4, 0.5) is 5.69 Å². The minimum absolute atomic E-state index is 0.0564. The lowest BCUT2D eigenvalue weighted by Crippen LogP contribution is -2.04. The number of carboxylic acid groups (broad SMARTS) is 1. The number of nitrogens with two attached hydrogens (primary N) is 1. The molecule has 2 rings (SSSR count). The van der Waals surface area contributed by atoms with Gasteiger partial charge in [-0.15, -0.1) is 0 Å². The first-order valence-corrected chi connectivity index (χ1v) is 5.44. The van der Waals surface area contributed by atoms with Crippen LogP contribution in [0.25, 0.3) is 0 Å². The molecule has 0 spiro atoms. The van der Waals surface area contributed by atoms with Gasteiger partial charge in [0.15, 0.2) is 0 Å². The van der Waals surface area contributed by atoms with E-state index in [0.29, 0.717) is 17.1 Å². The normalized spacial score (nSPS) is 10.1. The Balaban J connectivity index is 2.38. The van der Waals surface area contributed by atoms with E-state index in [9.17, 15) is 4.79 Å². The number of ether oxygens (including phenoxy) is 1. The van der Waals surface area contributed by atoms with Crippen LogP contribution in [0.5, 0.6) is 11.5 Å². The van der Waals surface area contributed by atoms with Crippen LogP contribution < -0.4 is 10.5 Å². The molecule has 2 aromatic rings. The van der Waals surface area contributed by atoms with Crippen LogP contribution in [0, 0.1) is 6.92 Å². The summed E-state index contributed by atoms with van der Waals surface area (Å²) in [7, 11) is 0. The van der Waals surface area contributed by atoms with Gasteiger partial charge in [-0.25, -0.2) is 4.79 Å². The van der Waals surface area contributed by atoms with Crippen molar-refractivity contribution < 1.29 is 14.6 Å². The third kappa shape index (κ3) is 2.43. The second-order valence-corrected chi connectivity index (χ2v) is 3.92. The molecule has 18 heavy (non-hydrogen) atoms. The molecular weight excluding hydrogens is 230 g/mol. The molecular formula is C14H13NO3. The molecule has 2 aromatic carbocycles. The van der Waals surface area contributed by atoms with Crippen molar-refractivity contribution in [2.24, 2.45) is 0 Å². The molecule has 0 fully saturated rings. The van der Waals surface area contributed by atoms with E-state index in [-0.39, 0.29) is 11.3 Å². The van der Waals surface area contributed by atoms with Crippen molar-refractivity contribution in [1.82, 2.24) is 0 Å². The lowest BCUT2D eigenvalue weighted by Gasteiger charge is -2.10. The molecule has 0 aliphatic carbocycles. The maximum absolute atomic E-state index is 11.0. The summed E-state index contributed by atoms with van der Waals surface area (Å²) in [4.78, 5) is 11.0. The maximum Gasteiger partial charge on any atom is 0.337 e. The summed E-state index contributed by atoms with van der Waals surface area (Å²) < 4.78 is 5.59. The van der Waals surface area contributed by atoms with E-state index in [1.807, 2.05) is 18.2 Å². The fourth-order valence-corrected chi connectivity index (χ4v) is 1.63. The first kappa shape index (κ1) is 12.0. The Bertz CT molecular complexity index is 579. The van der Waals surface area contributed by atoms with E-state index in [1.165, 1.54) is 6.07 Å². The van der Waals surface area contributed by atoms with Crippen molar-refractivity contribution in [3.05, 3.63) is 53.6 Å². The second kappa shape index (κ2) is 4.79. The van der Waals surface area contributed by atoms with Gasteiger partial charge in [0.05, 0.1) is 5.56 Å². The molecule has 0 saturated carbocycles. The Hall–Kier alpha value is -2.49. The Morgan fingerprint density at radius 3 is 2.44 bits per heavy atom. The number of aromatic carboxylic acids is 1. The minimum Gasteiger partial charge on any atom is -0.478 e. The summed E-state index contributed by atoms with van der Waals surface area (Å²) in [5.74, 6) is 0.0532. The summed E-state index contributed by atoms with van der Waals surface area (Å²) in [6.45, 7) is 1.75. The summed E-state index contributed by atoms with van der Waals surface area (Å²) >= 11 is 0. The van der Waals surface area contributed by atoms with E-state index >= 15 is 0 Å². The van der Waals surface area contributed by atoms with Crippen LogP contribution in [0.1, 0.15) is 15.9 Å². The van der Waals surface area contributed by atoms with Gasteiger partial charge in [0, 0.05) is 5.69 Å². The fraction of sp³-hybridized carbons (Fsp3) is 0.0714. The number of hydrogen-bond acceptors (Lipinski definition) is 3. The SMILES string of the molecule is Cc1cc(Oc2ccccc2)cc(C(=O)O)c1N. The third-order valence-electron chi connectivity index (χ3n) is 2.57. The Morgan fingerprint density at radius 2 is 1.83 bits per heavy atom. The zero-order chi connectivity index (χ0) is 13.1.